The molecule has 5 heteroatoms. The number of carbonyl (C=O) groups excluding carboxylic acids is 2. The number of fused-ring (bicyclic) bond motifs is 1. The van der Waals surface area contributed by atoms with Crippen LogP contribution in [0.2, 0.25) is 0 Å². The van der Waals surface area contributed by atoms with Crippen LogP contribution in [0.15, 0.2) is 11.6 Å². The molecule has 0 aromatic carbocycles. The molecule has 0 bridgehead atoms. The second-order valence-electron chi connectivity index (χ2n) is 5.44. The van der Waals surface area contributed by atoms with Crippen LogP contribution in [0.4, 0.5) is 0 Å². The number of rotatable bonds is 4. The second-order valence-corrected chi connectivity index (χ2v) is 5.44. The highest BCUT2D eigenvalue weighted by Crippen LogP contribution is 2.44. The van der Waals surface area contributed by atoms with Crippen LogP contribution in [0.3, 0.4) is 0 Å². The summed E-state index contributed by atoms with van der Waals surface area (Å²) in [6.45, 7) is 3.62. The van der Waals surface area contributed by atoms with Crippen molar-refractivity contribution in [2.24, 2.45) is 17.8 Å². The minimum absolute atomic E-state index is 0.0829. The number of hydrogen-bond acceptors (Lipinski definition) is 3. The summed E-state index contributed by atoms with van der Waals surface area (Å²) in [4.78, 5) is 36.2. The molecule has 1 aliphatic carbocycles. The first kappa shape index (κ1) is 13.8. The van der Waals surface area contributed by atoms with E-state index in [2.05, 4.69) is 6.92 Å². The standard InChI is InChI=1S/C14H19NO4/c1-3-9-6-10-11(7-9)13(17)15(12(10)16)5-4-8(2)14(18)19/h4,9-11H,3,5-7H2,1-2H3,(H,18,19)/b8-4-. The van der Waals surface area contributed by atoms with Crippen molar-refractivity contribution in [3.05, 3.63) is 11.6 Å². The molecule has 1 heterocycles. The van der Waals surface area contributed by atoms with E-state index < -0.39 is 5.97 Å². The van der Waals surface area contributed by atoms with Gasteiger partial charge in [0.15, 0.2) is 0 Å². The first-order valence-corrected chi connectivity index (χ1v) is 6.71. The van der Waals surface area contributed by atoms with Crippen molar-refractivity contribution in [2.45, 2.75) is 33.1 Å². The molecule has 0 spiro atoms. The molecule has 5 nitrogen and oxygen atoms in total. The zero-order chi connectivity index (χ0) is 14.2. The van der Waals surface area contributed by atoms with Gasteiger partial charge in [-0.3, -0.25) is 14.5 Å². The Balaban J connectivity index is 2.07. The van der Waals surface area contributed by atoms with Gasteiger partial charge < -0.3 is 5.11 Å². The van der Waals surface area contributed by atoms with Gasteiger partial charge in [0, 0.05) is 12.1 Å². The molecular weight excluding hydrogens is 246 g/mol. The molecule has 0 radical (unpaired) electrons. The third kappa shape index (κ3) is 2.41. The highest BCUT2D eigenvalue weighted by molar-refractivity contribution is 6.05. The number of carboxylic acids is 1. The third-order valence-corrected chi connectivity index (χ3v) is 4.32. The topological polar surface area (TPSA) is 74.7 Å². The Morgan fingerprint density at radius 3 is 2.26 bits per heavy atom. The SMILES string of the molecule is CCC1CC2C(=O)N(C/C=C(/C)C(=O)O)C(=O)C2C1. The summed E-state index contributed by atoms with van der Waals surface area (Å²) >= 11 is 0. The molecule has 2 rings (SSSR count). The minimum atomic E-state index is -1.02. The maximum atomic E-state index is 12.2. The summed E-state index contributed by atoms with van der Waals surface area (Å²) in [5, 5.41) is 8.76. The van der Waals surface area contributed by atoms with E-state index in [1.165, 1.54) is 17.9 Å². The Morgan fingerprint density at radius 2 is 1.84 bits per heavy atom. The van der Waals surface area contributed by atoms with Crippen LogP contribution < -0.4 is 0 Å². The molecule has 2 aliphatic rings. The van der Waals surface area contributed by atoms with E-state index in [4.69, 9.17) is 5.11 Å². The number of imide groups is 1. The average Bonchev–Trinajstić information content (AvgIpc) is 2.89. The number of hydrogen-bond donors (Lipinski definition) is 1. The highest BCUT2D eigenvalue weighted by Gasteiger charge is 2.51. The van der Waals surface area contributed by atoms with Crippen LogP contribution in [0.1, 0.15) is 33.1 Å². The molecule has 104 valence electrons. The van der Waals surface area contributed by atoms with Crippen LogP contribution in [0, 0.1) is 17.8 Å². The monoisotopic (exact) mass is 265 g/mol. The van der Waals surface area contributed by atoms with Gasteiger partial charge in [-0.05, 0) is 25.7 Å². The fraction of sp³-hybridized carbons (Fsp3) is 0.643. The van der Waals surface area contributed by atoms with E-state index >= 15 is 0 Å². The van der Waals surface area contributed by atoms with E-state index in [0.717, 1.165) is 19.3 Å². The minimum Gasteiger partial charge on any atom is -0.478 e. The van der Waals surface area contributed by atoms with Crippen LogP contribution in [0.5, 0.6) is 0 Å². The van der Waals surface area contributed by atoms with Crippen LogP contribution >= 0.6 is 0 Å². The highest BCUT2D eigenvalue weighted by atomic mass is 16.4. The summed E-state index contributed by atoms with van der Waals surface area (Å²) in [5.74, 6) is -1.14. The lowest BCUT2D eigenvalue weighted by atomic mass is 10.00. The van der Waals surface area contributed by atoms with Gasteiger partial charge in [-0.1, -0.05) is 19.4 Å². The number of carboxylic acid groups (broad SMARTS) is 1. The van der Waals surface area contributed by atoms with Gasteiger partial charge in [-0.25, -0.2) is 4.79 Å². The summed E-state index contributed by atoms with van der Waals surface area (Å²) in [6, 6.07) is 0. The van der Waals surface area contributed by atoms with Crippen molar-refractivity contribution in [2.75, 3.05) is 6.54 Å². The van der Waals surface area contributed by atoms with Crippen molar-refractivity contribution in [1.82, 2.24) is 4.90 Å². The lowest BCUT2D eigenvalue weighted by Crippen LogP contribution is -2.32. The van der Waals surface area contributed by atoms with Crippen LogP contribution in [0.25, 0.3) is 0 Å². The van der Waals surface area contributed by atoms with Gasteiger partial charge in [-0.15, -0.1) is 0 Å². The summed E-state index contributed by atoms with van der Waals surface area (Å²) in [5.41, 5.74) is 0.157. The maximum absolute atomic E-state index is 12.2. The maximum Gasteiger partial charge on any atom is 0.331 e. The van der Waals surface area contributed by atoms with E-state index in [9.17, 15) is 14.4 Å². The number of nitrogens with zero attached hydrogens (tertiary/aromatic N) is 1. The van der Waals surface area contributed by atoms with Crippen molar-refractivity contribution < 1.29 is 19.5 Å². The molecule has 2 fully saturated rings. The fourth-order valence-electron chi connectivity index (χ4n) is 3.03. The van der Waals surface area contributed by atoms with Crippen molar-refractivity contribution in [3.8, 4) is 0 Å². The Hall–Kier alpha value is -1.65. The van der Waals surface area contributed by atoms with Crippen LogP contribution in [-0.2, 0) is 14.4 Å². The van der Waals surface area contributed by atoms with Gasteiger partial charge in [0.1, 0.15) is 0 Å². The zero-order valence-electron chi connectivity index (χ0n) is 11.3. The summed E-state index contributed by atoms with van der Waals surface area (Å²) in [6.07, 6.45) is 4.02. The summed E-state index contributed by atoms with van der Waals surface area (Å²) < 4.78 is 0. The van der Waals surface area contributed by atoms with Gasteiger partial charge >= 0.3 is 5.97 Å². The first-order chi connectivity index (χ1) is 8.95. The lowest BCUT2D eigenvalue weighted by Gasteiger charge is -2.15. The fourth-order valence-corrected chi connectivity index (χ4v) is 3.03. The van der Waals surface area contributed by atoms with Crippen molar-refractivity contribution in [1.29, 1.82) is 0 Å². The molecule has 1 N–H and O–H groups in total. The van der Waals surface area contributed by atoms with E-state index in [1.807, 2.05) is 0 Å². The molecule has 0 aromatic heterocycles. The summed E-state index contributed by atoms with van der Waals surface area (Å²) in [7, 11) is 0. The normalized spacial score (nSPS) is 30.9. The molecule has 2 amide bonds. The predicted octanol–water partition coefficient (Wildman–Crippen LogP) is 1.44. The largest absolute Gasteiger partial charge is 0.478 e. The van der Waals surface area contributed by atoms with E-state index in [0.29, 0.717) is 5.92 Å². The number of amides is 2. The van der Waals surface area contributed by atoms with Gasteiger partial charge in [0.25, 0.3) is 0 Å². The third-order valence-electron chi connectivity index (χ3n) is 4.32. The number of likely N-dealkylation sites (tertiary alicyclic amines) is 1. The Morgan fingerprint density at radius 1 is 1.32 bits per heavy atom. The number of aliphatic carboxylic acids is 1. The Kier molecular flexibility index (Phi) is 3.73. The van der Waals surface area contributed by atoms with Crippen molar-refractivity contribution in [3.63, 3.8) is 0 Å². The van der Waals surface area contributed by atoms with Crippen molar-refractivity contribution >= 4 is 17.8 Å². The average molecular weight is 265 g/mol. The second kappa shape index (κ2) is 5.15. The zero-order valence-corrected chi connectivity index (χ0v) is 11.3. The number of carbonyl (C=O) groups is 3. The molecule has 0 aromatic rings. The smallest absolute Gasteiger partial charge is 0.331 e. The molecular formula is C14H19NO4. The molecule has 2 unspecified atom stereocenters. The lowest BCUT2D eigenvalue weighted by molar-refractivity contribution is -0.140. The molecule has 1 aliphatic heterocycles. The quantitative estimate of drug-likeness (QED) is 0.616. The Bertz CT molecular complexity index is 430. The van der Waals surface area contributed by atoms with Gasteiger partial charge in [-0.2, -0.15) is 0 Å². The first-order valence-electron chi connectivity index (χ1n) is 6.71. The predicted molar refractivity (Wildman–Crippen MR) is 68.1 cm³/mol. The molecule has 2 atom stereocenters. The molecule has 19 heavy (non-hydrogen) atoms. The van der Waals surface area contributed by atoms with E-state index in [-0.39, 0.29) is 35.8 Å². The van der Waals surface area contributed by atoms with Gasteiger partial charge in [0.05, 0.1) is 11.8 Å². The molecule has 1 saturated heterocycles. The molecule has 1 saturated carbocycles. The van der Waals surface area contributed by atoms with E-state index in [1.54, 1.807) is 0 Å². The van der Waals surface area contributed by atoms with Crippen LogP contribution in [-0.4, -0.2) is 34.3 Å². The van der Waals surface area contributed by atoms with Gasteiger partial charge in [0.2, 0.25) is 11.8 Å². The Labute approximate surface area is 112 Å².